The summed E-state index contributed by atoms with van der Waals surface area (Å²) in [4.78, 5) is 19.9. The predicted octanol–water partition coefficient (Wildman–Crippen LogP) is 4.20. The molecule has 29 heavy (non-hydrogen) atoms. The molecule has 3 aromatic rings. The van der Waals surface area contributed by atoms with E-state index in [-0.39, 0.29) is 17.4 Å². The molecule has 0 aliphatic carbocycles. The lowest BCUT2D eigenvalue weighted by Gasteiger charge is -2.28. The van der Waals surface area contributed by atoms with Crippen molar-refractivity contribution in [3.05, 3.63) is 47.4 Å². The lowest BCUT2D eigenvalue weighted by Crippen LogP contribution is -2.49. The molecule has 8 heteroatoms. The summed E-state index contributed by atoms with van der Waals surface area (Å²) >= 11 is 1.55. The van der Waals surface area contributed by atoms with E-state index in [9.17, 15) is 9.18 Å². The van der Waals surface area contributed by atoms with Crippen LogP contribution in [-0.2, 0) is 11.2 Å². The highest BCUT2D eigenvalue weighted by molar-refractivity contribution is 7.15. The second-order valence-electron chi connectivity index (χ2n) is 7.92. The highest BCUT2D eigenvalue weighted by atomic mass is 32.1. The summed E-state index contributed by atoms with van der Waals surface area (Å²) in [6.45, 7) is 7.47. The Morgan fingerprint density at radius 1 is 1.28 bits per heavy atom. The number of thiazole rings is 1. The average Bonchev–Trinajstić information content (AvgIpc) is 3.22. The molecular formula is C21H27FN4O2S. The number of carbonyl (C=O) groups excluding carboxylic acids is 1. The number of urea groups is 1. The van der Waals surface area contributed by atoms with Crippen LogP contribution in [0.2, 0.25) is 0 Å². The van der Waals surface area contributed by atoms with E-state index in [0.717, 1.165) is 21.9 Å². The van der Waals surface area contributed by atoms with Crippen LogP contribution >= 0.6 is 11.3 Å². The fraction of sp³-hybridized carbons (Fsp3) is 0.429. The number of benzene rings is 1. The molecule has 0 fully saturated rings. The molecule has 0 unspecified atom stereocenters. The molecule has 3 rings (SSSR count). The Morgan fingerprint density at radius 2 is 2.00 bits per heavy atom. The second kappa shape index (κ2) is 8.92. The van der Waals surface area contributed by atoms with Crippen molar-refractivity contribution in [1.82, 2.24) is 19.6 Å². The van der Waals surface area contributed by atoms with Crippen LogP contribution in [0.15, 0.2) is 35.8 Å². The van der Waals surface area contributed by atoms with Crippen molar-refractivity contribution in [2.24, 2.45) is 0 Å². The Hall–Kier alpha value is -2.45. The van der Waals surface area contributed by atoms with Gasteiger partial charge in [-0.3, -0.25) is 4.40 Å². The third-order valence-electron chi connectivity index (χ3n) is 4.40. The van der Waals surface area contributed by atoms with Gasteiger partial charge in [0, 0.05) is 55.0 Å². The summed E-state index contributed by atoms with van der Waals surface area (Å²) < 4.78 is 20.4. The monoisotopic (exact) mass is 418 g/mol. The van der Waals surface area contributed by atoms with Crippen LogP contribution in [0.25, 0.3) is 16.2 Å². The second-order valence-corrected chi connectivity index (χ2v) is 8.76. The fourth-order valence-electron chi connectivity index (χ4n) is 2.93. The van der Waals surface area contributed by atoms with Gasteiger partial charge in [0.25, 0.3) is 0 Å². The summed E-state index contributed by atoms with van der Waals surface area (Å²) in [7, 11) is 1.63. The van der Waals surface area contributed by atoms with E-state index >= 15 is 0 Å². The summed E-state index contributed by atoms with van der Waals surface area (Å²) in [6, 6.07) is 6.23. The fourth-order valence-corrected chi connectivity index (χ4v) is 3.84. The van der Waals surface area contributed by atoms with Crippen molar-refractivity contribution in [1.29, 1.82) is 0 Å². The minimum absolute atomic E-state index is 0.0985. The van der Waals surface area contributed by atoms with Crippen molar-refractivity contribution in [3.63, 3.8) is 0 Å². The zero-order valence-electron chi connectivity index (χ0n) is 17.2. The number of amides is 2. The zero-order valence-corrected chi connectivity index (χ0v) is 18.1. The average molecular weight is 419 g/mol. The molecule has 2 aromatic heterocycles. The van der Waals surface area contributed by atoms with Gasteiger partial charge in [0.2, 0.25) is 0 Å². The molecule has 1 N–H and O–H groups in total. The molecule has 0 bridgehead atoms. The number of hydrogen-bond acceptors (Lipinski definition) is 4. The Bertz CT molecular complexity index is 959. The highest BCUT2D eigenvalue weighted by Gasteiger charge is 2.20. The van der Waals surface area contributed by atoms with E-state index in [1.54, 1.807) is 35.5 Å². The van der Waals surface area contributed by atoms with Crippen LogP contribution < -0.4 is 5.32 Å². The first-order chi connectivity index (χ1) is 13.8. The minimum atomic E-state index is -0.299. The molecule has 0 spiro atoms. The van der Waals surface area contributed by atoms with Crippen molar-refractivity contribution in [2.45, 2.75) is 32.7 Å². The smallest absolute Gasteiger partial charge is 0.317 e. The molecule has 0 saturated heterocycles. The van der Waals surface area contributed by atoms with Gasteiger partial charge in [0.1, 0.15) is 5.82 Å². The van der Waals surface area contributed by atoms with Crippen LogP contribution in [0.3, 0.4) is 0 Å². The minimum Gasteiger partial charge on any atom is -0.383 e. The molecule has 0 aliphatic rings. The Balaban J connectivity index is 1.74. The van der Waals surface area contributed by atoms with Crippen LogP contribution in [0.1, 0.15) is 26.5 Å². The number of imidazole rings is 1. The number of nitrogens with one attached hydrogen (secondary N) is 1. The van der Waals surface area contributed by atoms with Crippen molar-refractivity contribution in [2.75, 3.05) is 26.8 Å². The number of rotatable bonds is 7. The van der Waals surface area contributed by atoms with Gasteiger partial charge >= 0.3 is 6.03 Å². The lowest BCUT2D eigenvalue weighted by atomic mass is 10.1. The first kappa shape index (κ1) is 21.3. The molecule has 156 valence electrons. The van der Waals surface area contributed by atoms with Crippen LogP contribution in [-0.4, -0.2) is 52.7 Å². The van der Waals surface area contributed by atoms with Gasteiger partial charge in [0.05, 0.1) is 12.3 Å². The van der Waals surface area contributed by atoms with Gasteiger partial charge in [-0.2, -0.15) is 0 Å². The van der Waals surface area contributed by atoms with E-state index in [2.05, 4.69) is 15.7 Å². The number of ether oxygens (including phenoxy) is 1. The third kappa shape index (κ3) is 5.55. The molecule has 0 aliphatic heterocycles. The maximum absolute atomic E-state index is 13.2. The Morgan fingerprint density at radius 3 is 2.66 bits per heavy atom. The van der Waals surface area contributed by atoms with E-state index in [4.69, 9.17) is 4.74 Å². The largest absolute Gasteiger partial charge is 0.383 e. The molecule has 0 radical (unpaired) electrons. The predicted molar refractivity (Wildman–Crippen MR) is 114 cm³/mol. The normalized spacial score (nSPS) is 11.8. The van der Waals surface area contributed by atoms with E-state index < -0.39 is 0 Å². The zero-order chi connectivity index (χ0) is 21.0. The number of nitrogens with zero attached hydrogens (tertiary/aromatic N) is 3. The Labute approximate surface area is 174 Å². The SMILES string of the molecule is COCCN(CCc1csc2nc(-c3ccc(F)cc3)cn12)C(=O)NC(C)(C)C. The quantitative estimate of drug-likeness (QED) is 0.626. The van der Waals surface area contributed by atoms with E-state index in [1.807, 2.05) is 31.4 Å². The summed E-state index contributed by atoms with van der Waals surface area (Å²) in [5.74, 6) is -0.264. The number of halogens is 1. The number of methoxy groups -OCH3 is 1. The van der Waals surface area contributed by atoms with Crippen LogP contribution in [0, 0.1) is 5.82 Å². The van der Waals surface area contributed by atoms with Crippen molar-refractivity contribution >= 4 is 22.3 Å². The number of carbonyl (C=O) groups is 1. The molecule has 2 amide bonds. The van der Waals surface area contributed by atoms with Crippen molar-refractivity contribution < 1.29 is 13.9 Å². The molecule has 1 aromatic carbocycles. The number of fused-ring (bicyclic) bond motifs is 1. The maximum atomic E-state index is 13.2. The molecule has 6 nitrogen and oxygen atoms in total. The van der Waals surface area contributed by atoms with Crippen LogP contribution in [0.4, 0.5) is 9.18 Å². The topological polar surface area (TPSA) is 58.9 Å². The van der Waals surface area contributed by atoms with Gasteiger partial charge in [-0.1, -0.05) is 0 Å². The molecule has 0 atom stereocenters. The van der Waals surface area contributed by atoms with Gasteiger partial charge in [-0.05, 0) is 45.0 Å². The highest BCUT2D eigenvalue weighted by Crippen LogP contribution is 2.24. The number of aromatic nitrogens is 2. The van der Waals surface area contributed by atoms with E-state index in [0.29, 0.717) is 26.1 Å². The number of hydrogen-bond donors (Lipinski definition) is 1. The first-order valence-corrected chi connectivity index (χ1v) is 10.4. The van der Waals surface area contributed by atoms with Gasteiger partial charge in [-0.25, -0.2) is 14.2 Å². The molecule has 0 saturated carbocycles. The maximum Gasteiger partial charge on any atom is 0.317 e. The van der Waals surface area contributed by atoms with E-state index in [1.165, 1.54) is 12.1 Å². The van der Waals surface area contributed by atoms with Crippen molar-refractivity contribution in [3.8, 4) is 11.3 Å². The summed E-state index contributed by atoms with van der Waals surface area (Å²) in [5, 5.41) is 5.07. The summed E-state index contributed by atoms with van der Waals surface area (Å²) in [5.41, 5.74) is 2.46. The standard InChI is InChI=1S/C21H27FN4O2S/c1-21(2,3)24-19(27)25(11-12-28-4)10-9-17-14-29-20-23-18(13-26(17)20)15-5-7-16(22)8-6-15/h5-8,13-14H,9-12H2,1-4H3,(H,24,27). The summed E-state index contributed by atoms with van der Waals surface area (Å²) in [6.07, 6.45) is 2.66. The van der Waals surface area contributed by atoms with Crippen LogP contribution in [0.5, 0.6) is 0 Å². The first-order valence-electron chi connectivity index (χ1n) is 9.54. The van der Waals surface area contributed by atoms with Gasteiger partial charge < -0.3 is 15.0 Å². The Kier molecular flexibility index (Phi) is 6.54. The lowest BCUT2D eigenvalue weighted by molar-refractivity contribution is 0.145. The molecular weight excluding hydrogens is 391 g/mol. The third-order valence-corrected chi connectivity index (χ3v) is 5.28. The molecule has 2 heterocycles. The van der Waals surface area contributed by atoms with Gasteiger partial charge in [0.15, 0.2) is 4.96 Å². The van der Waals surface area contributed by atoms with Gasteiger partial charge in [-0.15, -0.1) is 11.3 Å².